The minimum Gasteiger partial charge on any atom is -0.365 e. The summed E-state index contributed by atoms with van der Waals surface area (Å²) in [6.07, 6.45) is 5.40. The Morgan fingerprint density at radius 3 is 2.83 bits per heavy atom. The molecule has 98 valence electrons. The zero-order valence-electron chi connectivity index (χ0n) is 9.80. The van der Waals surface area contributed by atoms with E-state index in [0.29, 0.717) is 5.82 Å². The van der Waals surface area contributed by atoms with Crippen LogP contribution in [-0.2, 0) is 0 Å². The second kappa shape index (κ2) is 5.49. The fourth-order valence-electron chi connectivity index (χ4n) is 2.15. The summed E-state index contributed by atoms with van der Waals surface area (Å²) in [6, 6.07) is 1.50. The number of hydrogen-bond donors (Lipinski definition) is 2. The van der Waals surface area contributed by atoms with Crippen LogP contribution < -0.4 is 11.1 Å². The molecule has 1 saturated carbocycles. The van der Waals surface area contributed by atoms with Crippen LogP contribution >= 0.6 is 11.6 Å². The van der Waals surface area contributed by atoms with Crippen LogP contribution in [0.5, 0.6) is 0 Å². The maximum Gasteiger partial charge on any atom is 0.289 e. The second-order valence-corrected chi connectivity index (χ2v) is 4.89. The van der Waals surface area contributed by atoms with Crippen molar-refractivity contribution in [2.45, 2.75) is 37.8 Å². The quantitative estimate of drug-likeness (QED) is 0.649. The lowest BCUT2D eigenvalue weighted by Gasteiger charge is -2.29. The number of nitrogens with two attached hydrogens (primary N) is 1. The van der Waals surface area contributed by atoms with Gasteiger partial charge in [0.1, 0.15) is 12.0 Å². The Kier molecular flexibility index (Phi) is 3.98. The number of hydrogen-bond acceptors (Lipinski definition) is 5. The summed E-state index contributed by atoms with van der Waals surface area (Å²) in [7, 11) is 0. The molecule has 0 aromatic carbocycles. The zero-order valence-corrected chi connectivity index (χ0v) is 10.6. The molecule has 1 heterocycles. The van der Waals surface area contributed by atoms with Crippen molar-refractivity contribution in [1.82, 2.24) is 4.98 Å². The van der Waals surface area contributed by atoms with E-state index < -0.39 is 4.92 Å². The highest BCUT2D eigenvalue weighted by Crippen LogP contribution is 2.27. The third kappa shape index (κ3) is 2.88. The Morgan fingerprint density at radius 2 is 2.22 bits per heavy atom. The summed E-state index contributed by atoms with van der Waals surface area (Å²) in [5.41, 5.74) is 5.90. The monoisotopic (exact) mass is 270 g/mol. The van der Waals surface area contributed by atoms with Crippen molar-refractivity contribution in [3.05, 3.63) is 27.4 Å². The molecule has 0 aliphatic heterocycles. The molecule has 18 heavy (non-hydrogen) atoms. The molecular weight excluding hydrogens is 256 g/mol. The van der Waals surface area contributed by atoms with E-state index >= 15 is 0 Å². The van der Waals surface area contributed by atoms with Gasteiger partial charge in [-0.1, -0.05) is 24.4 Å². The smallest absolute Gasteiger partial charge is 0.289 e. The standard InChI is InChI=1S/C11H15ClN4O2/c12-8-5-7(16(17)18)6-14-11(8)15-10-4-2-1-3-9(10)13/h5-6,9-10H,1-4,13H2,(H,14,15). The average molecular weight is 271 g/mol. The molecule has 2 unspecified atom stereocenters. The highest BCUT2D eigenvalue weighted by molar-refractivity contribution is 6.33. The normalized spacial score (nSPS) is 23.7. The molecule has 2 rings (SSSR count). The first-order valence-corrected chi connectivity index (χ1v) is 6.28. The molecule has 0 spiro atoms. The van der Waals surface area contributed by atoms with Gasteiger partial charge in [0.15, 0.2) is 0 Å². The summed E-state index contributed by atoms with van der Waals surface area (Å²) in [6.45, 7) is 0. The number of anilines is 1. The zero-order chi connectivity index (χ0) is 13.1. The van der Waals surface area contributed by atoms with Crippen molar-refractivity contribution in [1.29, 1.82) is 0 Å². The molecule has 3 N–H and O–H groups in total. The molecule has 7 heteroatoms. The van der Waals surface area contributed by atoms with Gasteiger partial charge in [-0.05, 0) is 12.8 Å². The first kappa shape index (κ1) is 13.0. The van der Waals surface area contributed by atoms with Crippen LogP contribution in [0.2, 0.25) is 5.02 Å². The van der Waals surface area contributed by atoms with E-state index in [1.54, 1.807) is 0 Å². The van der Waals surface area contributed by atoms with Gasteiger partial charge < -0.3 is 11.1 Å². The Labute approximate surface area is 110 Å². The van der Waals surface area contributed by atoms with Crippen molar-refractivity contribution in [3.63, 3.8) is 0 Å². The van der Waals surface area contributed by atoms with Crippen LogP contribution in [0.4, 0.5) is 11.5 Å². The SMILES string of the molecule is NC1CCCCC1Nc1ncc([N+](=O)[O-])cc1Cl. The molecular formula is C11H15ClN4O2. The van der Waals surface area contributed by atoms with Crippen LogP contribution in [0.3, 0.4) is 0 Å². The molecule has 1 aromatic rings. The summed E-state index contributed by atoms with van der Waals surface area (Å²) in [5, 5.41) is 14.0. The number of pyridine rings is 1. The predicted octanol–water partition coefficient (Wildman–Crippen LogP) is 2.33. The molecule has 0 radical (unpaired) electrons. The van der Waals surface area contributed by atoms with E-state index in [4.69, 9.17) is 17.3 Å². The van der Waals surface area contributed by atoms with E-state index in [1.165, 1.54) is 12.3 Å². The van der Waals surface area contributed by atoms with Gasteiger partial charge in [0.05, 0.1) is 9.95 Å². The highest BCUT2D eigenvalue weighted by atomic mass is 35.5. The molecule has 1 aliphatic rings. The van der Waals surface area contributed by atoms with Crippen molar-refractivity contribution in [2.24, 2.45) is 5.73 Å². The van der Waals surface area contributed by atoms with Gasteiger partial charge in [0.25, 0.3) is 5.69 Å². The minimum atomic E-state index is -0.519. The molecule has 2 atom stereocenters. The minimum absolute atomic E-state index is 0.0757. The maximum atomic E-state index is 10.6. The topological polar surface area (TPSA) is 94.1 Å². The average Bonchev–Trinajstić information content (AvgIpc) is 2.34. The second-order valence-electron chi connectivity index (χ2n) is 4.48. The highest BCUT2D eigenvalue weighted by Gasteiger charge is 2.23. The van der Waals surface area contributed by atoms with Gasteiger partial charge in [0.2, 0.25) is 0 Å². The summed E-state index contributed by atoms with van der Waals surface area (Å²) in [4.78, 5) is 14.0. The lowest BCUT2D eigenvalue weighted by molar-refractivity contribution is -0.385. The van der Waals surface area contributed by atoms with Gasteiger partial charge >= 0.3 is 0 Å². The Bertz CT molecular complexity index is 455. The molecule has 0 bridgehead atoms. The Balaban J connectivity index is 2.11. The Hall–Kier alpha value is -1.40. The Morgan fingerprint density at radius 1 is 1.50 bits per heavy atom. The predicted molar refractivity (Wildman–Crippen MR) is 69.8 cm³/mol. The van der Waals surface area contributed by atoms with Crippen molar-refractivity contribution in [2.75, 3.05) is 5.32 Å². The van der Waals surface area contributed by atoms with Gasteiger partial charge in [-0.2, -0.15) is 0 Å². The van der Waals surface area contributed by atoms with Crippen molar-refractivity contribution < 1.29 is 4.92 Å². The molecule has 0 saturated heterocycles. The van der Waals surface area contributed by atoms with Gasteiger partial charge in [-0.3, -0.25) is 10.1 Å². The number of rotatable bonds is 3. The van der Waals surface area contributed by atoms with E-state index in [1.807, 2.05) is 0 Å². The molecule has 1 fully saturated rings. The maximum absolute atomic E-state index is 10.6. The lowest BCUT2D eigenvalue weighted by atomic mass is 9.91. The third-order valence-corrected chi connectivity index (χ3v) is 3.47. The number of nitro groups is 1. The van der Waals surface area contributed by atoms with E-state index in [0.717, 1.165) is 25.7 Å². The third-order valence-electron chi connectivity index (χ3n) is 3.18. The summed E-state index contributed by atoms with van der Waals surface area (Å²) in [5.74, 6) is 0.463. The van der Waals surface area contributed by atoms with Crippen LogP contribution in [-0.4, -0.2) is 22.0 Å². The molecule has 1 aliphatic carbocycles. The summed E-state index contributed by atoms with van der Waals surface area (Å²) < 4.78 is 0. The van der Waals surface area contributed by atoms with Crippen molar-refractivity contribution in [3.8, 4) is 0 Å². The fraction of sp³-hybridized carbons (Fsp3) is 0.545. The van der Waals surface area contributed by atoms with Crippen LogP contribution in [0, 0.1) is 10.1 Å². The van der Waals surface area contributed by atoms with Crippen LogP contribution in [0.15, 0.2) is 12.3 Å². The number of nitrogens with one attached hydrogen (secondary N) is 1. The van der Waals surface area contributed by atoms with E-state index in [9.17, 15) is 10.1 Å². The molecule has 0 amide bonds. The largest absolute Gasteiger partial charge is 0.365 e. The number of halogens is 1. The lowest BCUT2D eigenvalue weighted by Crippen LogP contribution is -2.42. The first-order valence-electron chi connectivity index (χ1n) is 5.90. The fourth-order valence-corrected chi connectivity index (χ4v) is 2.36. The van der Waals surface area contributed by atoms with Crippen LogP contribution in [0.25, 0.3) is 0 Å². The number of nitrogens with zero attached hydrogens (tertiary/aromatic N) is 2. The van der Waals surface area contributed by atoms with Gasteiger partial charge in [-0.25, -0.2) is 4.98 Å². The van der Waals surface area contributed by atoms with Crippen molar-refractivity contribution >= 4 is 23.1 Å². The van der Waals surface area contributed by atoms with Gasteiger partial charge in [-0.15, -0.1) is 0 Å². The van der Waals surface area contributed by atoms with Crippen LogP contribution in [0.1, 0.15) is 25.7 Å². The van der Waals surface area contributed by atoms with E-state index in [-0.39, 0.29) is 22.8 Å². The summed E-state index contributed by atoms with van der Waals surface area (Å²) >= 11 is 5.97. The number of aromatic nitrogens is 1. The first-order chi connectivity index (χ1) is 8.58. The molecule has 1 aromatic heterocycles. The van der Waals surface area contributed by atoms with E-state index in [2.05, 4.69) is 10.3 Å². The molecule has 6 nitrogen and oxygen atoms in total. The van der Waals surface area contributed by atoms with Gasteiger partial charge in [0, 0.05) is 18.2 Å².